The fraction of sp³-hybridized carbons (Fsp3) is 0.533. The number of aromatic nitrogens is 1. The second-order valence-corrected chi connectivity index (χ2v) is 7.26. The van der Waals surface area contributed by atoms with Gasteiger partial charge < -0.3 is 19.9 Å². The molecule has 1 saturated carbocycles. The molecular weight excluding hydrogens is 366 g/mol. The van der Waals surface area contributed by atoms with E-state index >= 15 is 0 Å². The summed E-state index contributed by atoms with van der Waals surface area (Å²) in [4.78, 5) is 37.7. The summed E-state index contributed by atoms with van der Waals surface area (Å²) in [5.41, 5.74) is -0.957. The minimum Gasteiger partial charge on any atom is -0.481 e. The Morgan fingerprint density at radius 1 is 1.48 bits per heavy atom. The third-order valence-corrected chi connectivity index (χ3v) is 5.41. The van der Waals surface area contributed by atoms with E-state index in [0.29, 0.717) is 17.4 Å². The number of nitrogens with zero attached hydrogens (tertiary/aromatic N) is 2. The maximum atomic E-state index is 12.4. The van der Waals surface area contributed by atoms with Crippen molar-refractivity contribution in [1.29, 1.82) is 0 Å². The highest BCUT2D eigenvalue weighted by molar-refractivity contribution is 9.10. The Labute approximate surface area is 141 Å². The van der Waals surface area contributed by atoms with Gasteiger partial charge in [-0.15, -0.1) is 0 Å². The van der Waals surface area contributed by atoms with Crippen molar-refractivity contribution >= 4 is 33.6 Å². The minimum absolute atomic E-state index is 0.00362. The third kappa shape index (κ3) is 2.65. The van der Waals surface area contributed by atoms with Crippen molar-refractivity contribution in [2.45, 2.75) is 19.3 Å². The zero-order valence-electron chi connectivity index (χ0n) is 12.7. The Balaban J connectivity index is 1.78. The van der Waals surface area contributed by atoms with Crippen LogP contribution in [0.4, 0.5) is 10.5 Å². The molecule has 2 amide bonds. The SMILES string of the molecule is Cn1cc(Br)cc(NC(=O)N2C[C@@H]3CCC[C@@]3(C(=O)O)C2)c1=O. The molecule has 1 aromatic rings. The van der Waals surface area contributed by atoms with Crippen molar-refractivity contribution in [3.8, 4) is 0 Å². The molecule has 1 aromatic heterocycles. The standard InChI is InChI=1S/C15H18BrN3O4/c1-18-7-10(16)5-11(12(18)20)17-14(23)19-6-9-3-2-4-15(9,8-19)13(21)22/h5,7,9H,2-4,6,8H2,1H3,(H,17,23)(H,21,22)/t9-,15+/m0/s1. The predicted molar refractivity (Wildman–Crippen MR) is 87.4 cm³/mol. The van der Waals surface area contributed by atoms with Gasteiger partial charge in [-0.2, -0.15) is 0 Å². The van der Waals surface area contributed by atoms with E-state index in [-0.39, 0.29) is 23.7 Å². The highest BCUT2D eigenvalue weighted by atomic mass is 79.9. The van der Waals surface area contributed by atoms with Gasteiger partial charge in [0.25, 0.3) is 5.56 Å². The first-order valence-electron chi connectivity index (χ1n) is 7.49. The molecule has 2 N–H and O–H groups in total. The first kappa shape index (κ1) is 16.0. The Morgan fingerprint density at radius 3 is 2.87 bits per heavy atom. The second kappa shape index (κ2) is 5.67. The number of fused-ring (bicyclic) bond motifs is 1. The number of likely N-dealkylation sites (tertiary alicyclic amines) is 1. The van der Waals surface area contributed by atoms with Gasteiger partial charge >= 0.3 is 12.0 Å². The molecule has 0 unspecified atom stereocenters. The highest BCUT2D eigenvalue weighted by Crippen LogP contribution is 2.48. The fourth-order valence-electron chi connectivity index (χ4n) is 3.75. The first-order valence-corrected chi connectivity index (χ1v) is 8.28. The molecule has 2 aliphatic rings. The van der Waals surface area contributed by atoms with E-state index in [1.54, 1.807) is 19.3 Å². The smallest absolute Gasteiger partial charge is 0.322 e. The molecule has 124 valence electrons. The summed E-state index contributed by atoms with van der Waals surface area (Å²) in [7, 11) is 1.60. The number of carbonyl (C=O) groups is 2. The van der Waals surface area contributed by atoms with E-state index in [1.165, 1.54) is 9.47 Å². The van der Waals surface area contributed by atoms with Crippen LogP contribution in [0.1, 0.15) is 19.3 Å². The van der Waals surface area contributed by atoms with Gasteiger partial charge in [-0.1, -0.05) is 6.42 Å². The van der Waals surface area contributed by atoms with Gasteiger partial charge in [0.05, 0.1) is 5.41 Å². The van der Waals surface area contributed by atoms with E-state index in [2.05, 4.69) is 21.2 Å². The summed E-state index contributed by atoms with van der Waals surface area (Å²) in [5.74, 6) is -0.829. The average molecular weight is 384 g/mol. The third-order valence-electron chi connectivity index (χ3n) is 4.98. The Hall–Kier alpha value is -1.83. The molecule has 2 heterocycles. The molecule has 23 heavy (non-hydrogen) atoms. The molecule has 0 radical (unpaired) electrons. The van der Waals surface area contributed by atoms with Crippen LogP contribution in [0.15, 0.2) is 21.5 Å². The van der Waals surface area contributed by atoms with Crippen molar-refractivity contribution in [3.63, 3.8) is 0 Å². The van der Waals surface area contributed by atoms with Crippen molar-refractivity contribution in [1.82, 2.24) is 9.47 Å². The van der Waals surface area contributed by atoms with Crippen molar-refractivity contribution in [2.24, 2.45) is 18.4 Å². The molecule has 1 saturated heterocycles. The number of carboxylic acids is 1. The fourth-order valence-corrected chi connectivity index (χ4v) is 4.28. The average Bonchev–Trinajstić information content (AvgIpc) is 3.01. The number of hydrogen-bond acceptors (Lipinski definition) is 3. The molecule has 1 aliphatic heterocycles. The lowest BCUT2D eigenvalue weighted by Gasteiger charge is -2.23. The Morgan fingerprint density at radius 2 is 2.22 bits per heavy atom. The quantitative estimate of drug-likeness (QED) is 0.815. The summed E-state index contributed by atoms with van der Waals surface area (Å²) in [6.45, 7) is 0.625. The molecule has 0 bridgehead atoms. The number of anilines is 1. The van der Waals surface area contributed by atoms with Gasteiger partial charge in [0.15, 0.2) is 0 Å². The van der Waals surface area contributed by atoms with Crippen LogP contribution in [0.2, 0.25) is 0 Å². The lowest BCUT2D eigenvalue weighted by Crippen LogP contribution is -2.39. The zero-order chi connectivity index (χ0) is 16.8. The Kier molecular flexibility index (Phi) is 3.95. The number of amides is 2. The zero-order valence-corrected chi connectivity index (χ0v) is 14.3. The maximum Gasteiger partial charge on any atom is 0.322 e. The number of urea groups is 1. The number of carbonyl (C=O) groups excluding carboxylic acids is 1. The van der Waals surface area contributed by atoms with Crippen LogP contribution in [-0.4, -0.2) is 39.7 Å². The molecule has 0 aromatic carbocycles. The number of nitrogens with one attached hydrogen (secondary N) is 1. The topological polar surface area (TPSA) is 91.6 Å². The van der Waals surface area contributed by atoms with Gasteiger partial charge in [-0.3, -0.25) is 9.59 Å². The van der Waals surface area contributed by atoms with Gasteiger partial charge in [0.2, 0.25) is 0 Å². The van der Waals surface area contributed by atoms with Gasteiger partial charge in [0, 0.05) is 30.8 Å². The predicted octanol–water partition coefficient (Wildman–Crippen LogP) is 1.87. The largest absolute Gasteiger partial charge is 0.481 e. The van der Waals surface area contributed by atoms with Gasteiger partial charge in [0.1, 0.15) is 5.69 Å². The summed E-state index contributed by atoms with van der Waals surface area (Å²) in [6, 6.07) is 1.12. The number of rotatable bonds is 2. The lowest BCUT2D eigenvalue weighted by molar-refractivity contribution is -0.149. The Bertz CT molecular complexity index is 732. The summed E-state index contributed by atoms with van der Waals surface area (Å²) in [5, 5.41) is 12.2. The molecule has 3 rings (SSSR count). The van der Waals surface area contributed by atoms with E-state index in [1.807, 2.05) is 0 Å². The van der Waals surface area contributed by atoms with E-state index in [4.69, 9.17) is 0 Å². The van der Waals surface area contributed by atoms with E-state index in [0.717, 1.165) is 12.8 Å². The summed E-state index contributed by atoms with van der Waals surface area (Å²) < 4.78 is 2.05. The van der Waals surface area contributed by atoms with Crippen molar-refractivity contribution in [3.05, 3.63) is 27.1 Å². The van der Waals surface area contributed by atoms with Crippen LogP contribution in [0.3, 0.4) is 0 Å². The molecule has 0 spiro atoms. The highest BCUT2D eigenvalue weighted by Gasteiger charge is 2.55. The van der Waals surface area contributed by atoms with Crippen molar-refractivity contribution < 1.29 is 14.7 Å². The second-order valence-electron chi connectivity index (χ2n) is 6.35. The van der Waals surface area contributed by atoms with Gasteiger partial charge in [-0.25, -0.2) is 4.79 Å². The summed E-state index contributed by atoms with van der Waals surface area (Å²) in [6.07, 6.45) is 3.93. The minimum atomic E-state index is -0.825. The van der Waals surface area contributed by atoms with Gasteiger partial charge in [-0.05, 0) is 40.8 Å². The molecule has 7 nitrogen and oxygen atoms in total. The number of aliphatic carboxylic acids is 1. The van der Waals surface area contributed by atoms with Crippen LogP contribution >= 0.6 is 15.9 Å². The number of pyridine rings is 1. The molecular formula is C15H18BrN3O4. The number of hydrogen-bond donors (Lipinski definition) is 2. The molecule has 1 aliphatic carbocycles. The van der Waals surface area contributed by atoms with Crippen LogP contribution in [0.25, 0.3) is 0 Å². The summed E-state index contributed by atoms with van der Waals surface area (Å²) >= 11 is 3.29. The van der Waals surface area contributed by atoms with Crippen LogP contribution in [0.5, 0.6) is 0 Å². The van der Waals surface area contributed by atoms with E-state index in [9.17, 15) is 19.5 Å². The van der Waals surface area contributed by atoms with Crippen LogP contribution in [-0.2, 0) is 11.8 Å². The van der Waals surface area contributed by atoms with Crippen LogP contribution in [0, 0.1) is 11.3 Å². The maximum absolute atomic E-state index is 12.4. The number of carboxylic acid groups (broad SMARTS) is 1. The number of aryl methyl sites for hydroxylation is 1. The molecule has 2 fully saturated rings. The lowest BCUT2D eigenvalue weighted by atomic mass is 9.81. The van der Waals surface area contributed by atoms with E-state index < -0.39 is 17.4 Å². The molecule has 8 heteroatoms. The number of halogens is 1. The first-order chi connectivity index (χ1) is 10.8. The normalized spacial score (nSPS) is 26.2. The van der Waals surface area contributed by atoms with Crippen LogP contribution < -0.4 is 10.9 Å². The monoisotopic (exact) mass is 383 g/mol. The van der Waals surface area contributed by atoms with Crippen molar-refractivity contribution in [2.75, 3.05) is 18.4 Å². The molecule has 2 atom stereocenters.